The molecule has 1 aliphatic heterocycles. The lowest BCUT2D eigenvalue weighted by Gasteiger charge is -2.25. The number of hydrogen-bond donors (Lipinski definition) is 0. The minimum Gasteiger partial charge on any atom is -0.369 e. The molecule has 4 nitrogen and oxygen atoms in total. The standard InChI is InChI=1S/C20H18N4/c1-2-10-21-17(6-1)15-7-8-18-19(14-15)24-13-12-23(16-4-3-5-16)11-9-20(24)22-18/h1-8,10,14H,9,11-13H2. The fraction of sp³-hybridized carbons (Fsp3) is 0.200. The maximum absolute atomic E-state index is 4.86. The van der Waals surface area contributed by atoms with Crippen molar-refractivity contribution in [1.82, 2.24) is 19.4 Å². The quantitative estimate of drug-likeness (QED) is 0.727. The maximum Gasteiger partial charge on any atom is 0.111 e. The monoisotopic (exact) mass is 314 g/mol. The van der Waals surface area contributed by atoms with Crippen LogP contribution in [0.3, 0.4) is 0 Å². The van der Waals surface area contributed by atoms with Crippen molar-refractivity contribution in [3.8, 4) is 11.3 Å². The molecule has 24 heavy (non-hydrogen) atoms. The van der Waals surface area contributed by atoms with Crippen molar-refractivity contribution < 1.29 is 0 Å². The second-order valence-corrected chi connectivity index (χ2v) is 6.29. The molecule has 3 aromatic rings. The molecule has 5 rings (SSSR count). The van der Waals surface area contributed by atoms with Crippen molar-refractivity contribution in [2.24, 2.45) is 0 Å². The summed E-state index contributed by atoms with van der Waals surface area (Å²) < 4.78 is 2.38. The minimum absolute atomic E-state index is 0.975. The molecule has 4 heteroatoms. The molecule has 0 unspecified atom stereocenters. The molecule has 0 radical (unpaired) electrons. The van der Waals surface area contributed by atoms with Crippen LogP contribution in [0.2, 0.25) is 0 Å². The highest BCUT2D eigenvalue weighted by atomic mass is 15.2. The number of fused-ring (bicyclic) bond motifs is 3. The van der Waals surface area contributed by atoms with Crippen LogP contribution in [-0.4, -0.2) is 32.5 Å². The molecule has 0 saturated carbocycles. The van der Waals surface area contributed by atoms with Crippen molar-refractivity contribution in [2.75, 3.05) is 13.1 Å². The van der Waals surface area contributed by atoms with E-state index in [1.165, 1.54) is 17.0 Å². The molecule has 0 spiro atoms. The Kier molecular flexibility index (Phi) is 3.01. The third-order valence-electron chi connectivity index (χ3n) is 4.89. The summed E-state index contributed by atoms with van der Waals surface area (Å²) in [5.41, 5.74) is 5.81. The molecule has 0 bridgehead atoms. The number of nitrogens with zero attached hydrogens (tertiary/aromatic N) is 4. The van der Waals surface area contributed by atoms with Crippen LogP contribution in [0.1, 0.15) is 5.82 Å². The number of pyridine rings is 1. The van der Waals surface area contributed by atoms with Crippen molar-refractivity contribution in [3.05, 3.63) is 72.3 Å². The summed E-state index contributed by atoms with van der Waals surface area (Å²) in [6.07, 6.45) is 9.30. The number of hydrogen-bond acceptors (Lipinski definition) is 3. The third-order valence-corrected chi connectivity index (χ3v) is 4.89. The largest absolute Gasteiger partial charge is 0.369 e. The van der Waals surface area contributed by atoms with Gasteiger partial charge in [0.1, 0.15) is 5.82 Å². The molecule has 0 N–H and O–H groups in total. The van der Waals surface area contributed by atoms with E-state index in [0.717, 1.165) is 42.8 Å². The van der Waals surface area contributed by atoms with Gasteiger partial charge in [0.25, 0.3) is 0 Å². The van der Waals surface area contributed by atoms with Gasteiger partial charge in [0.2, 0.25) is 0 Å². The van der Waals surface area contributed by atoms with Gasteiger partial charge in [0.15, 0.2) is 0 Å². The van der Waals surface area contributed by atoms with E-state index in [9.17, 15) is 0 Å². The SMILES string of the molecule is C1=CC(N2CCc3nc4ccc(-c5ccccn5)cc4n3CC2)=C1. The van der Waals surface area contributed by atoms with E-state index in [1.54, 1.807) is 0 Å². The zero-order chi connectivity index (χ0) is 15.9. The zero-order valence-electron chi connectivity index (χ0n) is 13.4. The van der Waals surface area contributed by atoms with Gasteiger partial charge in [-0.2, -0.15) is 0 Å². The van der Waals surface area contributed by atoms with E-state index >= 15 is 0 Å². The van der Waals surface area contributed by atoms with Gasteiger partial charge in [-0.25, -0.2) is 4.98 Å². The van der Waals surface area contributed by atoms with Crippen molar-refractivity contribution >= 4 is 11.0 Å². The van der Waals surface area contributed by atoms with Crippen LogP contribution in [0, 0.1) is 0 Å². The van der Waals surface area contributed by atoms with Gasteiger partial charge in [-0.1, -0.05) is 18.2 Å². The average molecular weight is 314 g/mol. The first-order valence-electron chi connectivity index (χ1n) is 8.42. The molecule has 2 aromatic heterocycles. The molecule has 3 heterocycles. The summed E-state index contributed by atoms with van der Waals surface area (Å²) >= 11 is 0. The van der Waals surface area contributed by atoms with Crippen LogP contribution < -0.4 is 0 Å². The van der Waals surface area contributed by atoms with Crippen LogP contribution in [0.25, 0.3) is 22.3 Å². The van der Waals surface area contributed by atoms with E-state index in [4.69, 9.17) is 4.98 Å². The van der Waals surface area contributed by atoms with Gasteiger partial charge in [-0.3, -0.25) is 4.98 Å². The molecule has 0 amide bonds. The van der Waals surface area contributed by atoms with Gasteiger partial charge in [-0.05, 0) is 36.4 Å². The van der Waals surface area contributed by atoms with E-state index in [-0.39, 0.29) is 0 Å². The fourth-order valence-electron chi connectivity index (χ4n) is 3.52. The van der Waals surface area contributed by atoms with Gasteiger partial charge >= 0.3 is 0 Å². The molecule has 1 aromatic carbocycles. The fourth-order valence-corrected chi connectivity index (χ4v) is 3.52. The zero-order valence-corrected chi connectivity index (χ0v) is 13.4. The lowest BCUT2D eigenvalue weighted by atomic mass is 10.1. The van der Waals surface area contributed by atoms with Crippen LogP contribution >= 0.6 is 0 Å². The molecule has 1 aliphatic carbocycles. The Morgan fingerprint density at radius 1 is 1.00 bits per heavy atom. The highest BCUT2D eigenvalue weighted by Gasteiger charge is 2.19. The molecule has 118 valence electrons. The molecule has 0 fully saturated rings. The Balaban J connectivity index is 1.53. The summed E-state index contributed by atoms with van der Waals surface area (Å²) in [5, 5.41) is 0. The van der Waals surface area contributed by atoms with Crippen molar-refractivity contribution in [2.45, 2.75) is 13.0 Å². The molecular weight excluding hydrogens is 296 g/mol. The predicted octanol–water partition coefficient (Wildman–Crippen LogP) is 3.41. The third kappa shape index (κ3) is 2.14. The summed E-state index contributed by atoms with van der Waals surface area (Å²) in [6.45, 7) is 3.04. The Morgan fingerprint density at radius 3 is 2.75 bits per heavy atom. The average Bonchev–Trinajstić information content (AvgIpc) is 2.80. The van der Waals surface area contributed by atoms with Crippen LogP contribution in [0.5, 0.6) is 0 Å². The Hall–Kier alpha value is -2.88. The Bertz CT molecular complexity index is 966. The number of aromatic nitrogens is 3. The first-order chi connectivity index (χ1) is 11.9. The summed E-state index contributed by atoms with van der Waals surface area (Å²) in [4.78, 5) is 11.8. The highest BCUT2D eigenvalue weighted by molar-refractivity contribution is 5.82. The number of imidazole rings is 1. The molecular formula is C20H18N4. The second-order valence-electron chi connectivity index (χ2n) is 6.29. The molecule has 0 saturated heterocycles. The lowest BCUT2D eigenvalue weighted by molar-refractivity contribution is 0.359. The van der Waals surface area contributed by atoms with E-state index in [1.807, 2.05) is 18.3 Å². The van der Waals surface area contributed by atoms with Gasteiger partial charge in [-0.15, -0.1) is 0 Å². The van der Waals surface area contributed by atoms with E-state index in [2.05, 4.69) is 56.9 Å². The number of rotatable bonds is 2. The first-order valence-corrected chi connectivity index (χ1v) is 8.42. The minimum atomic E-state index is 0.975. The Labute approximate surface area is 140 Å². The van der Waals surface area contributed by atoms with Crippen molar-refractivity contribution in [3.63, 3.8) is 0 Å². The summed E-state index contributed by atoms with van der Waals surface area (Å²) in [5.74, 6) is 1.19. The van der Waals surface area contributed by atoms with E-state index in [0.29, 0.717) is 0 Å². The van der Waals surface area contributed by atoms with Gasteiger partial charge in [0, 0.05) is 43.5 Å². The van der Waals surface area contributed by atoms with Crippen LogP contribution in [-0.2, 0) is 13.0 Å². The van der Waals surface area contributed by atoms with E-state index < -0.39 is 0 Å². The van der Waals surface area contributed by atoms with Gasteiger partial charge < -0.3 is 9.47 Å². The molecule has 2 aliphatic rings. The maximum atomic E-state index is 4.86. The first kappa shape index (κ1) is 13.5. The summed E-state index contributed by atoms with van der Waals surface area (Å²) in [7, 11) is 0. The number of allylic oxidation sites excluding steroid dienone is 3. The predicted molar refractivity (Wildman–Crippen MR) is 95.5 cm³/mol. The second kappa shape index (κ2) is 5.34. The number of benzene rings is 1. The van der Waals surface area contributed by atoms with Crippen LogP contribution in [0.4, 0.5) is 0 Å². The lowest BCUT2D eigenvalue weighted by Crippen LogP contribution is -2.26. The topological polar surface area (TPSA) is 34.0 Å². The normalized spacial score (nSPS) is 16.5. The highest BCUT2D eigenvalue weighted by Crippen LogP contribution is 2.26. The van der Waals surface area contributed by atoms with Crippen LogP contribution in [0.15, 0.2) is 66.5 Å². The smallest absolute Gasteiger partial charge is 0.111 e. The molecule has 0 atom stereocenters. The van der Waals surface area contributed by atoms with Gasteiger partial charge in [0.05, 0.1) is 16.7 Å². The summed E-state index contributed by atoms with van der Waals surface area (Å²) in [6, 6.07) is 12.5. The van der Waals surface area contributed by atoms with Crippen molar-refractivity contribution in [1.29, 1.82) is 0 Å². The Morgan fingerprint density at radius 2 is 1.96 bits per heavy atom.